The fourth-order valence-electron chi connectivity index (χ4n) is 2.29. The second-order valence-electron chi connectivity index (χ2n) is 4.09. The number of thiophene rings is 1. The van der Waals surface area contributed by atoms with Crippen LogP contribution < -0.4 is 10.6 Å². The molecule has 3 rings (SSSR count). The molecule has 1 saturated carbocycles. The zero-order valence-corrected chi connectivity index (χ0v) is 10.4. The Morgan fingerprint density at radius 1 is 1.47 bits per heavy atom. The van der Waals surface area contributed by atoms with Crippen LogP contribution in [0, 0.1) is 11.8 Å². The summed E-state index contributed by atoms with van der Waals surface area (Å²) in [6.45, 7) is 2.12. The number of carbonyl (C=O) groups excluding carboxylic acids is 1. The Morgan fingerprint density at radius 2 is 2.20 bits per heavy atom. The van der Waals surface area contributed by atoms with Crippen molar-refractivity contribution in [2.75, 3.05) is 13.1 Å². The molecule has 1 aromatic rings. The van der Waals surface area contributed by atoms with Crippen molar-refractivity contribution in [1.82, 2.24) is 10.6 Å². The van der Waals surface area contributed by atoms with E-state index >= 15 is 0 Å². The van der Waals surface area contributed by atoms with Gasteiger partial charge in [0, 0.05) is 19.1 Å². The lowest BCUT2D eigenvalue weighted by atomic mass is 10.4. The first-order valence-corrected chi connectivity index (χ1v) is 6.63. The van der Waals surface area contributed by atoms with Crippen LogP contribution >= 0.6 is 27.3 Å². The molecule has 1 saturated heterocycles. The van der Waals surface area contributed by atoms with Crippen molar-refractivity contribution in [1.29, 1.82) is 0 Å². The van der Waals surface area contributed by atoms with Gasteiger partial charge in [-0.1, -0.05) is 0 Å². The molecule has 1 aliphatic carbocycles. The molecule has 2 aliphatic rings. The van der Waals surface area contributed by atoms with Crippen LogP contribution in [0.15, 0.2) is 15.9 Å². The van der Waals surface area contributed by atoms with Crippen LogP contribution in [0.3, 0.4) is 0 Å². The average Bonchev–Trinajstić information content (AvgIpc) is 2.66. The van der Waals surface area contributed by atoms with E-state index in [0.717, 1.165) is 21.8 Å². The van der Waals surface area contributed by atoms with E-state index in [1.165, 1.54) is 11.3 Å². The van der Waals surface area contributed by atoms with Gasteiger partial charge in [0.05, 0.1) is 8.66 Å². The number of hydrogen-bond donors (Lipinski definition) is 2. The normalized spacial score (nSPS) is 32.5. The third-order valence-corrected chi connectivity index (χ3v) is 4.81. The van der Waals surface area contributed by atoms with Crippen molar-refractivity contribution < 1.29 is 4.79 Å². The van der Waals surface area contributed by atoms with E-state index < -0.39 is 0 Å². The van der Waals surface area contributed by atoms with Crippen LogP contribution in [0.1, 0.15) is 9.67 Å². The minimum atomic E-state index is 0.0742. The molecule has 2 fully saturated rings. The molecule has 2 unspecified atom stereocenters. The second-order valence-corrected chi connectivity index (χ2v) is 6.55. The average molecular weight is 287 g/mol. The fraction of sp³-hybridized carbons (Fsp3) is 0.500. The number of amides is 1. The molecule has 0 bridgehead atoms. The van der Waals surface area contributed by atoms with Crippen LogP contribution in [-0.4, -0.2) is 25.0 Å². The molecule has 1 amide bonds. The van der Waals surface area contributed by atoms with Gasteiger partial charge in [0.2, 0.25) is 0 Å². The van der Waals surface area contributed by atoms with Crippen molar-refractivity contribution in [3.05, 3.63) is 20.8 Å². The Bertz CT molecular complexity index is 396. The minimum absolute atomic E-state index is 0.0742. The zero-order valence-electron chi connectivity index (χ0n) is 8.00. The maximum absolute atomic E-state index is 11.8. The first-order chi connectivity index (χ1) is 7.25. The van der Waals surface area contributed by atoms with E-state index in [-0.39, 0.29) is 5.91 Å². The van der Waals surface area contributed by atoms with Crippen LogP contribution in [0.25, 0.3) is 0 Å². The lowest BCUT2D eigenvalue weighted by Crippen LogP contribution is -2.32. The summed E-state index contributed by atoms with van der Waals surface area (Å²) in [6.07, 6.45) is 0. The van der Waals surface area contributed by atoms with Crippen LogP contribution in [-0.2, 0) is 0 Å². The summed E-state index contributed by atoms with van der Waals surface area (Å²) in [6, 6.07) is 4.19. The first-order valence-electron chi connectivity index (χ1n) is 5.02. The number of halogens is 1. The summed E-state index contributed by atoms with van der Waals surface area (Å²) >= 11 is 4.84. The summed E-state index contributed by atoms with van der Waals surface area (Å²) in [7, 11) is 0. The predicted molar refractivity (Wildman–Crippen MR) is 63.1 cm³/mol. The maximum atomic E-state index is 11.8. The Hall–Kier alpha value is -0.390. The van der Waals surface area contributed by atoms with Crippen LogP contribution in [0.2, 0.25) is 0 Å². The standard InChI is InChI=1S/C10H11BrN2OS/c11-8-2-1-7(15-8)10(14)13-9-5-3-12-4-6(5)9/h1-2,5-6,9,12H,3-4H2,(H,13,14). The molecule has 0 radical (unpaired) electrons. The quantitative estimate of drug-likeness (QED) is 0.864. The Labute approximate surface area is 100 Å². The van der Waals surface area contributed by atoms with E-state index in [0.29, 0.717) is 17.9 Å². The fourth-order valence-corrected chi connectivity index (χ4v) is 3.58. The monoisotopic (exact) mass is 286 g/mol. The van der Waals surface area contributed by atoms with Gasteiger partial charge in [-0.05, 0) is 39.9 Å². The zero-order chi connectivity index (χ0) is 10.4. The highest BCUT2D eigenvalue weighted by Crippen LogP contribution is 2.41. The van der Waals surface area contributed by atoms with E-state index in [1.54, 1.807) is 0 Å². The third-order valence-electron chi connectivity index (χ3n) is 3.19. The molecule has 0 aromatic carbocycles. The molecule has 1 aromatic heterocycles. The van der Waals surface area contributed by atoms with Gasteiger partial charge in [-0.3, -0.25) is 4.79 Å². The van der Waals surface area contributed by atoms with Gasteiger partial charge in [-0.2, -0.15) is 0 Å². The van der Waals surface area contributed by atoms with Gasteiger partial charge in [0.25, 0.3) is 5.91 Å². The highest BCUT2D eigenvalue weighted by molar-refractivity contribution is 9.11. The van der Waals surface area contributed by atoms with Gasteiger partial charge in [-0.25, -0.2) is 0 Å². The van der Waals surface area contributed by atoms with Crippen LogP contribution in [0.5, 0.6) is 0 Å². The molecule has 2 N–H and O–H groups in total. The highest BCUT2D eigenvalue weighted by Gasteiger charge is 2.53. The summed E-state index contributed by atoms with van der Waals surface area (Å²) < 4.78 is 1.00. The van der Waals surface area contributed by atoms with Crippen molar-refractivity contribution >= 4 is 33.2 Å². The van der Waals surface area contributed by atoms with Crippen molar-refractivity contribution in [3.63, 3.8) is 0 Å². The number of nitrogens with one attached hydrogen (secondary N) is 2. The molecule has 80 valence electrons. The highest BCUT2D eigenvalue weighted by atomic mass is 79.9. The second kappa shape index (κ2) is 3.57. The third kappa shape index (κ3) is 1.73. The maximum Gasteiger partial charge on any atom is 0.261 e. The number of fused-ring (bicyclic) bond motifs is 1. The molecule has 2 atom stereocenters. The Kier molecular flexibility index (Phi) is 2.34. The summed E-state index contributed by atoms with van der Waals surface area (Å²) in [4.78, 5) is 12.6. The van der Waals surface area contributed by atoms with Gasteiger partial charge in [-0.15, -0.1) is 11.3 Å². The van der Waals surface area contributed by atoms with E-state index in [9.17, 15) is 4.79 Å². The SMILES string of the molecule is O=C(NC1C2CNCC21)c1ccc(Br)s1. The molecule has 5 heteroatoms. The van der Waals surface area contributed by atoms with Gasteiger partial charge >= 0.3 is 0 Å². The number of piperidine rings is 1. The summed E-state index contributed by atoms with van der Waals surface area (Å²) in [5.74, 6) is 1.43. The number of rotatable bonds is 2. The number of carbonyl (C=O) groups is 1. The molecule has 1 aliphatic heterocycles. The lowest BCUT2D eigenvalue weighted by Gasteiger charge is -2.05. The molecular formula is C10H11BrN2OS. The molecular weight excluding hydrogens is 276 g/mol. The predicted octanol–water partition coefficient (Wildman–Crippen LogP) is 1.46. The molecule has 3 nitrogen and oxygen atoms in total. The molecule has 0 spiro atoms. The first kappa shape index (κ1) is 9.81. The molecule has 2 heterocycles. The van der Waals surface area contributed by atoms with E-state index in [4.69, 9.17) is 0 Å². The number of hydrogen-bond acceptors (Lipinski definition) is 3. The van der Waals surface area contributed by atoms with Crippen molar-refractivity contribution in [3.8, 4) is 0 Å². The largest absolute Gasteiger partial charge is 0.348 e. The smallest absolute Gasteiger partial charge is 0.261 e. The topological polar surface area (TPSA) is 41.1 Å². The van der Waals surface area contributed by atoms with Gasteiger partial charge < -0.3 is 10.6 Å². The Morgan fingerprint density at radius 3 is 2.80 bits per heavy atom. The van der Waals surface area contributed by atoms with Crippen LogP contribution in [0.4, 0.5) is 0 Å². The van der Waals surface area contributed by atoms with E-state index in [2.05, 4.69) is 26.6 Å². The van der Waals surface area contributed by atoms with Crippen molar-refractivity contribution in [2.24, 2.45) is 11.8 Å². The molecule has 15 heavy (non-hydrogen) atoms. The minimum Gasteiger partial charge on any atom is -0.348 e. The Balaban J connectivity index is 1.62. The van der Waals surface area contributed by atoms with E-state index in [1.807, 2.05) is 12.1 Å². The van der Waals surface area contributed by atoms with Gasteiger partial charge in [0.15, 0.2) is 0 Å². The van der Waals surface area contributed by atoms with Crippen molar-refractivity contribution in [2.45, 2.75) is 6.04 Å². The lowest BCUT2D eigenvalue weighted by molar-refractivity contribution is 0.0950. The van der Waals surface area contributed by atoms with Gasteiger partial charge in [0.1, 0.15) is 0 Å². The summed E-state index contributed by atoms with van der Waals surface area (Å²) in [5, 5.41) is 6.41. The summed E-state index contributed by atoms with van der Waals surface area (Å²) in [5.41, 5.74) is 0.